The first-order valence-corrected chi connectivity index (χ1v) is 6.95. The highest BCUT2D eigenvalue weighted by atomic mass is 16.6. The molecule has 0 N–H and O–H groups in total. The molecule has 0 radical (unpaired) electrons. The predicted octanol–water partition coefficient (Wildman–Crippen LogP) is 4.01. The smallest absolute Gasteiger partial charge is 0.414 e. The summed E-state index contributed by atoms with van der Waals surface area (Å²) in [6, 6.07) is 8.13. The van der Waals surface area contributed by atoms with E-state index in [0.717, 1.165) is 25.1 Å². The number of para-hydroxylation sites is 1. The average molecular weight is 261 g/mol. The van der Waals surface area contributed by atoms with E-state index in [-0.39, 0.29) is 6.09 Å². The largest absolute Gasteiger partial charge is 0.443 e. The van der Waals surface area contributed by atoms with E-state index in [1.165, 1.54) is 5.56 Å². The van der Waals surface area contributed by atoms with Gasteiger partial charge in [0.1, 0.15) is 5.60 Å². The second-order valence-electron chi connectivity index (χ2n) is 6.36. The van der Waals surface area contributed by atoms with Crippen molar-refractivity contribution in [1.82, 2.24) is 0 Å². The SMILES string of the molecule is CC1CCN(C(=O)OC(C)(C)C)c2ccccc2C1. The lowest BCUT2D eigenvalue weighted by Gasteiger charge is -2.27. The van der Waals surface area contributed by atoms with E-state index >= 15 is 0 Å². The van der Waals surface area contributed by atoms with Crippen molar-refractivity contribution in [3.63, 3.8) is 0 Å². The van der Waals surface area contributed by atoms with Gasteiger partial charge in [-0.25, -0.2) is 4.79 Å². The number of hydrogen-bond acceptors (Lipinski definition) is 2. The van der Waals surface area contributed by atoms with Gasteiger partial charge in [0.2, 0.25) is 0 Å². The summed E-state index contributed by atoms with van der Waals surface area (Å²) in [5.74, 6) is 0.591. The van der Waals surface area contributed by atoms with E-state index in [1.807, 2.05) is 39.0 Å². The molecule has 1 aromatic rings. The number of anilines is 1. The van der Waals surface area contributed by atoms with Gasteiger partial charge < -0.3 is 4.74 Å². The molecule has 3 heteroatoms. The van der Waals surface area contributed by atoms with Crippen LogP contribution in [0.5, 0.6) is 0 Å². The second kappa shape index (κ2) is 5.24. The van der Waals surface area contributed by atoms with Crippen molar-refractivity contribution in [1.29, 1.82) is 0 Å². The van der Waals surface area contributed by atoms with Crippen molar-refractivity contribution in [3.8, 4) is 0 Å². The molecular weight excluding hydrogens is 238 g/mol. The molecule has 104 valence electrons. The maximum Gasteiger partial charge on any atom is 0.414 e. The normalized spacial score (nSPS) is 19.6. The highest BCUT2D eigenvalue weighted by Crippen LogP contribution is 2.29. The van der Waals surface area contributed by atoms with Crippen molar-refractivity contribution in [2.75, 3.05) is 11.4 Å². The van der Waals surface area contributed by atoms with Crippen molar-refractivity contribution >= 4 is 11.8 Å². The quantitative estimate of drug-likeness (QED) is 0.706. The standard InChI is InChI=1S/C16H23NO2/c1-12-9-10-17(15(18)19-16(2,3)4)14-8-6-5-7-13(14)11-12/h5-8,12H,9-11H2,1-4H3. The fourth-order valence-electron chi connectivity index (χ4n) is 2.40. The number of carbonyl (C=O) groups excluding carboxylic acids is 1. The molecule has 1 aliphatic rings. The Bertz CT molecular complexity index is 462. The first kappa shape index (κ1) is 13.9. The number of rotatable bonds is 0. The maximum absolute atomic E-state index is 12.3. The number of ether oxygens (including phenoxy) is 1. The van der Waals surface area contributed by atoms with Gasteiger partial charge in [-0.3, -0.25) is 4.90 Å². The van der Waals surface area contributed by atoms with E-state index < -0.39 is 5.60 Å². The van der Waals surface area contributed by atoms with Crippen LogP contribution in [-0.4, -0.2) is 18.2 Å². The van der Waals surface area contributed by atoms with Gasteiger partial charge in [0.15, 0.2) is 0 Å². The third-order valence-electron chi connectivity index (χ3n) is 3.31. The van der Waals surface area contributed by atoms with Crippen molar-refractivity contribution in [3.05, 3.63) is 29.8 Å². The molecule has 1 heterocycles. The zero-order valence-electron chi connectivity index (χ0n) is 12.3. The van der Waals surface area contributed by atoms with Gasteiger partial charge in [-0.1, -0.05) is 25.1 Å². The van der Waals surface area contributed by atoms with Gasteiger partial charge in [-0.05, 0) is 51.2 Å². The van der Waals surface area contributed by atoms with Crippen LogP contribution < -0.4 is 4.90 Å². The van der Waals surface area contributed by atoms with Crippen LogP contribution in [-0.2, 0) is 11.2 Å². The monoisotopic (exact) mass is 261 g/mol. The number of fused-ring (bicyclic) bond motifs is 1. The number of carbonyl (C=O) groups is 1. The van der Waals surface area contributed by atoms with Crippen molar-refractivity contribution < 1.29 is 9.53 Å². The van der Waals surface area contributed by atoms with Gasteiger partial charge in [-0.15, -0.1) is 0 Å². The summed E-state index contributed by atoms with van der Waals surface area (Å²) < 4.78 is 5.51. The molecule has 1 amide bonds. The fraction of sp³-hybridized carbons (Fsp3) is 0.562. The molecule has 1 atom stereocenters. The molecule has 0 aromatic heterocycles. The van der Waals surface area contributed by atoms with Crippen LogP contribution in [0.1, 0.15) is 39.7 Å². The number of amides is 1. The Morgan fingerprint density at radius 2 is 2.00 bits per heavy atom. The number of nitrogens with zero attached hydrogens (tertiary/aromatic N) is 1. The molecule has 3 nitrogen and oxygen atoms in total. The van der Waals surface area contributed by atoms with Crippen LogP contribution in [0.25, 0.3) is 0 Å². The Kier molecular flexibility index (Phi) is 3.83. The summed E-state index contributed by atoms with van der Waals surface area (Å²) in [7, 11) is 0. The molecule has 0 saturated carbocycles. The molecule has 0 spiro atoms. The minimum Gasteiger partial charge on any atom is -0.443 e. The van der Waals surface area contributed by atoms with E-state index in [1.54, 1.807) is 4.90 Å². The van der Waals surface area contributed by atoms with Crippen LogP contribution in [0, 0.1) is 5.92 Å². The van der Waals surface area contributed by atoms with Gasteiger partial charge in [0.25, 0.3) is 0 Å². The Labute approximate surface area is 115 Å². The van der Waals surface area contributed by atoms with Gasteiger partial charge in [-0.2, -0.15) is 0 Å². The maximum atomic E-state index is 12.3. The Morgan fingerprint density at radius 3 is 2.68 bits per heavy atom. The molecule has 0 fully saturated rings. The summed E-state index contributed by atoms with van der Waals surface area (Å²) in [5, 5.41) is 0. The van der Waals surface area contributed by atoms with E-state index in [0.29, 0.717) is 5.92 Å². The lowest BCUT2D eigenvalue weighted by atomic mass is 9.99. The summed E-state index contributed by atoms with van der Waals surface area (Å²) in [4.78, 5) is 14.1. The predicted molar refractivity (Wildman–Crippen MR) is 77.5 cm³/mol. The zero-order chi connectivity index (χ0) is 14.0. The van der Waals surface area contributed by atoms with Crippen LogP contribution in [0.3, 0.4) is 0 Å². The van der Waals surface area contributed by atoms with Crippen LogP contribution in [0.2, 0.25) is 0 Å². The van der Waals surface area contributed by atoms with Crippen LogP contribution in [0.4, 0.5) is 10.5 Å². The first-order chi connectivity index (χ1) is 8.87. The third kappa shape index (κ3) is 3.49. The Hall–Kier alpha value is -1.51. The van der Waals surface area contributed by atoms with E-state index in [4.69, 9.17) is 4.74 Å². The second-order valence-corrected chi connectivity index (χ2v) is 6.36. The number of benzene rings is 1. The number of hydrogen-bond donors (Lipinski definition) is 0. The lowest BCUT2D eigenvalue weighted by molar-refractivity contribution is 0.0580. The first-order valence-electron chi connectivity index (χ1n) is 6.95. The van der Waals surface area contributed by atoms with Crippen LogP contribution in [0.15, 0.2) is 24.3 Å². The summed E-state index contributed by atoms with van der Waals surface area (Å²) in [5.41, 5.74) is 1.78. The van der Waals surface area contributed by atoms with Gasteiger partial charge in [0.05, 0.1) is 5.69 Å². The molecule has 19 heavy (non-hydrogen) atoms. The molecule has 0 saturated heterocycles. The average Bonchev–Trinajstić information content (AvgIpc) is 2.45. The van der Waals surface area contributed by atoms with Crippen molar-refractivity contribution in [2.45, 2.75) is 46.1 Å². The summed E-state index contributed by atoms with van der Waals surface area (Å²) in [6.45, 7) is 8.66. The Balaban J connectivity index is 2.28. The highest BCUT2D eigenvalue weighted by molar-refractivity contribution is 5.89. The Morgan fingerprint density at radius 1 is 1.32 bits per heavy atom. The molecular formula is C16H23NO2. The fourth-order valence-corrected chi connectivity index (χ4v) is 2.40. The lowest BCUT2D eigenvalue weighted by Crippen LogP contribution is -2.37. The van der Waals surface area contributed by atoms with E-state index in [2.05, 4.69) is 13.0 Å². The third-order valence-corrected chi connectivity index (χ3v) is 3.31. The zero-order valence-corrected chi connectivity index (χ0v) is 12.3. The van der Waals surface area contributed by atoms with Crippen molar-refractivity contribution in [2.24, 2.45) is 5.92 Å². The minimum absolute atomic E-state index is 0.242. The molecule has 2 rings (SSSR count). The van der Waals surface area contributed by atoms with Gasteiger partial charge >= 0.3 is 6.09 Å². The summed E-state index contributed by atoms with van der Waals surface area (Å²) >= 11 is 0. The molecule has 0 aliphatic carbocycles. The van der Waals surface area contributed by atoms with E-state index in [9.17, 15) is 4.79 Å². The minimum atomic E-state index is -0.454. The topological polar surface area (TPSA) is 29.5 Å². The van der Waals surface area contributed by atoms with Gasteiger partial charge in [0, 0.05) is 6.54 Å². The van der Waals surface area contributed by atoms with Crippen LogP contribution >= 0.6 is 0 Å². The summed E-state index contributed by atoms with van der Waals surface area (Å²) in [6.07, 6.45) is 1.79. The molecule has 1 aromatic carbocycles. The highest BCUT2D eigenvalue weighted by Gasteiger charge is 2.27. The molecule has 0 bridgehead atoms. The molecule has 1 aliphatic heterocycles. The molecule has 1 unspecified atom stereocenters.